The predicted molar refractivity (Wildman–Crippen MR) is 105 cm³/mol. The molecule has 2 fully saturated rings. The third-order valence-corrected chi connectivity index (χ3v) is 5.77. The van der Waals surface area contributed by atoms with Crippen LogP contribution in [0.25, 0.3) is 11.5 Å². The quantitative estimate of drug-likeness (QED) is 0.790. The van der Waals surface area contributed by atoms with Gasteiger partial charge >= 0.3 is 0 Å². The number of hydrogen-bond acceptors (Lipinski definition) is 8. The van der Waals surface area contributed by atoms with Gasteiger partial charge in [0, 0.05) is 51.4 Å². The normalized spacial score (nSPS) is 19.9. The molecule has 3 heterocycles. The first kappa shape index (κ1) is 18.9. The molecule has 1 aromatic carbocycles. The molecule has 8 nitrogen and oxygen atoms in total. The van der Waals surface area contributed by atoms with Gasteiger partial charge in [0.15, 0.2) is 0 Å². The summed E-state index contributed by atoms with van der Waals surface area (Å²) >= 11 is 0. The molecule has 0 unspecified atom stereocenters. The van der Waals surface area contributed by atoms with Crippen LogP contribution in [-0.2, 0) is 0 Å². The molecule has 0 amide bonds. The minimum absolute atomic E-state index is 0.131. The van der Waals surface area contributed by atoms with Gasteiger partial charge < -0.3 is 24.8 Å². The zero-order valence-electron chi connectivity index (χ0n) is 16.4. The standard InChI is InChI=1S/C19H27FN6O2/c1-24-7-9-25(10-8-24)13-3-5-26(6-4-13)19-22-18(28-23-19)14-11-17(27-2)16(21)12-15(14)20/h11-13H,3-10,21H2,1-2H3. The van der Waals surface area contributed by atoms with Crippen LogP contribution in [0.15, 0.2) is 16.7 Å². The Bertz CT molecular complexity index is 813. The summed E-state index contributed by atoms with van der Waals surface area (Å²) in [6, 6.07) is 3.30. The van der Waals surface area contributed by atoms with E-state index in [0.29, 0.717) is 17.7 Å². The van der Waals surface area contributed by atoms with E-state index in [-0.39, 0.29) is 17.1 Å². The van der Waals surface area contributed by atoms with Crippen LogP contribution in [0.2, 0.25) is 0 Å². The maximum atomic E-state index is 14.3. The van der Waals surface area contributed by atoms with Crippen LogP contribution < -0.4 is 15.4 Å². The number of halogens is 1. The van der Waals surface area contributed by atoms with E-state index in [2.05, 4.69) is 31.9 Å². The van der Waals surface area contributed by atoms with Crippen LogP contribution in [0.5, 0.6) is 5.75 Å². The molecule has 28 heavy (non-hydrogen) atoms. The van der Waals surface area contributed by atoms with Crippen molar-refractivity contribution in [2.24, 2.45) is 0 Å². The average molecular weight is 390 g/mol. The van der Waals surface area contributed by atoms with Gasteiger partial charge in [0.25, 0.3) is 11.8 Å². The molecule has 0 spiro atoms. The van der Waals surface area contributed by atoms with Crippen molar-refractivity contribution in [3.63, 3.8) is 0 Å². The Morgan fingerprint density at radius 1 is 1.14 bits per heavy atom. The second-order valence-electron chi connectivity index (χ2n) is 7.53. The number of nitrogens with two attached hydrogens (primary N) is 1. The highest BCUT2D eigenvalue weighted by Gasteiger charge is 2.28. The molecule has 0 saturated carbocycles. The van der Waals surface area contributed by atoms with Gasteiger partial charge in [0.05, 0.1) is 18.4 Å². The highest BCUT2D eigenvalue weighted by molar-refractivity contribution is 5.65. The van der Waals surface area contributed by atoms with Crippen LogP contribution in [0, 0.1) is 5.82 Å². The van der Waals surface area contributed by atoms with E-state index in [1.54, 1.807) is 0 Å². The molecular formula is C19H27FN6O2. The second kappa shape index (κ2) is 7.92. The van der Waals surface area contributed by atoms with Crippen LogP contribution >= 0.6 is 0 Å². The Morgan fingerprint density at radius 3 is 2.54 bits per heavy atom. The Kier molecular flexibility index (Phi) is 5.36. The van der Waals surface area contributed by atoms with Crippen molar-refractivity contribution in [3.05, 3.63) is 17.9 Å². The van der Waals surface area contributed by atoms with E-state index >= 15 is 0 Å². The first-order valence-corrected chi connectivity index (χ1v) is 9.70. The Balaban J connectivity index is 1.42. The molecular weight excluding hydrogens is 363 g/mol. The molecule has 2 aromatic rings. The number of hydrogen-bond donors (Lipinski definition) is 1. The van der Waals surface area contributed by atoms with E-state index in [4.69, 9.17) is 15.0 Å². The molecule has 0 aliphatic carbocycles. The van der Waals surface area contributed by atoms with Gasteiger partial charge in [-0.3, -0.25) is 4.90 Å². The molecule has 4 rings (SSSR count). The minimum atomic E-state index is -0.512. The summed E-state index contributed by atoms with van der Waals surface area (Å²) < 4.78 is 24.8. The fourth-order valence-corrected chi connectivity index (χ4v) is 3.98. The summed E-state index contributed by atoms with van der Waals surface area (Å²) in [4.78, 5) is 11.5. The molecule has 0 bridgehead atoms. The SMILES string of the molecule is COc1cc(-c2nc(N3CCC(N4CCN(C)CC4)CC3)no2)c(F)cc1N. The zero-order valence-corrected chi connectivity index (χ0v) is 16.4. The number of anilines is 2. The van der Waals surface area contributed by atoms with Crippen molar-refractivity contribution in [2.75, 3.05) is 64.1 Å². The monoisotopic (exact) mass is 390 g/mol. The van der Waals surface area contributed by atoms with E-state index < -0.39 is 5.82 Å². The number of piperazine rings is 1. The van der Waals surface area contributed by atoms with Crippen molar-refractivity contribution >= 4 is 11.6 Å². The second-order valence-corrected chi connectivity index (χ2v) is 7.53. The summed E-state index contributed by atoms with van der Waals surface area (Å²) in [5, 5.41) is 4.06. The maximum Gasteiger partial charge on any atom is 0.266 e. The van der Waals surface area contributed by atoms with E-state index in [1.165, 1.54) is 19.2 Å². The average Bonchev–Trinajstić information content (AvgIpc) is 3.19. The van der Waals surface area contributed by atoms with Crippen LogP contribution in [0.4, 0.5) is 16.0 Å². The fraction of sp³-hybridized carbons (Fsp3) is 0.579. The topological polar surface area (TPSA) is 83.9 Å². The Morgan fingerprint density at radius 2 is 1.86 bits per heavy atom. The number of rotatable bonds is 4. The summed E-state index contributed by atoms with van der Waals surface area (Å²) in [5.74, 6) is 0.500. The molecule has 2 aliphatic heterocycles. The third-order valence-electron chi connectivity index (χ3n) is 5.77. The van der Waals surface area contributed by atoms with E-state index in [0.717, 1.165) is 52.1 Å². The largest absolute Gasteiger partial charge is 0.495 e. The lowest BCUT2D eigenvalue weighted by Crippen LogP contribution is -2.52. The molecule has 152 valence electrons. The molecule has 2 saturated heterocycles. The van der Waals surface area contributed by atoms with Gasteiger partial charge in [0.2, 0.25) is 0 Å². The number of nitrogen functional groups attached to an aromatic ring is 1. The van der Waals surface area contributed by atoms with Gasteiger partial charge in [-0.15, -0.1) is 0 Å². The van der Waals surface area contributed by atoms with Crippen molar-refractivity contribution in [3.8, 4) is 17.2 Å². The first-order chi connectivity index (χ1) is 13.5. The number of likely N-dealkylation sites (N-methyl/N-ethyl adjacent to an activating group) is 1. The molecule has 9 heteroatoms. The van der Waals surface area contributed by atoms with Crippen molar-refractivity contribution in [2.45, 2.75) is 18.9 Å². The van der Waals surface area contributed by atoms with Crippen LogP contribution in [0.3, 0.4) is 0 Å². The van der Waals surface area contributed by atoms with Crippen LogP contribution in [0.1, 0.15) is 12.8 Å². The first-order valence-electron chi connectivity index (χ1n) is 9.70. The number of nitrogens with zero attached hydrogens (tertiary/aromatic N) is 5. The van der Waals surface area contributed by atoms with Gasteiger partial charge in [0.1, 0.15) is 11.6 Å². The summed E-state index contributed by atoms with van der Waals surface area (Å²) in [6.45, 7) is 6.25. The third kappa shape index (κ3) is 3.77. The van der Waals surface area contributed by atoms with Crippen LogP contribution in [-0.4, -0.2) is 79.4 Å². The van der Waals surface area contributed by atoms with Gasteiger partial charge in [-0.05, 0) is 31.1 Å². The van der Waals surface area contributed by atoms with Gasteiger partial charge in [-0.25, -0.2) is 4.39 Å². The molecule has 1 aromatic heterocycles. The number of benzene rings is 1. The molecule has 0 atom stereocenters. The van der Waals surface area contributed by atoms with Crippen molar-refractivity contribution < 1.29 is 13.7 Å². The molecule has 0 radical (unpaired) electrons. The number of methoxy groups -OCH3 is 1. The highest BCUT2D eigenvalue weighted by atomic mass is 19.1. The number of aromatic nitrogens is 2. The lowest BCUT2D eigenvalue weighted by atomic mass is 10.0. The van der Waals surface area contributed by atoms with Gasteiger partial charge in [-0.2, -0.15) is 4.98 Å². The van der Waals surface area contributed by atoms with Crippen molar-refractivity contribution in [1.82, 2.24) is 19.9 Å². The lowest BCUT2D eigenvalue weighted by Gasteiger charge is -2.41. The van der Waals surface area contributed by atoms with E-state index in [9.17, 15) is 4.39 Å². The zero-order chi connectivity index (χ0) is 19.7. The van der Waals surface area contributed by atoms with E-state index in [1.807, 2.05) is 0 Å². The summed E-state index contributed by atoms with van der Waals surface area (Å²) in [5.41, 5.74) is 6.16. The summed E-state index contributed by atoms with van der Waals surface area (Å²) in [7, 11) is 3.66. The number of piperidine rings is 1. The van der Waals surface area contributed by atoms with Crippen molar-refractivity contribution in [1.29, 1.82) is 0 Å². The fourth-order valence-electron chi connectivity index (χ4n) is 3.98. The Hall–Kier alpha value is -2.39. The minimum Gasteiger partial charge on any atom is -0.495 e. The molecule has 2 aliphatic rings. The predicted octanol–water partition coefficient (Wildman–Crippen LogP) is 1.68. The molecule has 2 N–H and O–H groups in total. The highest BCUT2D eigenvalue weighted by Crippen LogP contribution is 2.32. The van der Waals surface area contributed by atoms with Gasteiger partial charge in [-0.1, -0.05) is 0 Å². The Labute approximate surface area is 164 Å². The smallest absolute Gasteiger partial charge is 0.266 e. The maximum absolute atomic E-state index is 14.3. The summed E-state index contributed by atoms with van der Waals surface area (Å²) in [6.07, 6.45) is 2.13. The lowest BCUT2D eigenvalue weighted by molar-refractivity contribution is 0.0980. The number of ether oxygens (including phenoxy) is 1.